The number of rotatable bonds is 2. The van der Waals surface area contributed by atoms with Crippen molar-refractivity contribution in [3.63, 3.8) is 0 Å². The lowest BCUT2D eigenvalue weighted by Crippen LogP contribution is -2.29. The molecule has 4 rings (SSSR count). The Morgan fingerprint density at radius 2 is 1.08 bits per heavy atom. The van der Waals surface area contributed by atoms with Crippen LogP contribution in [-0.2, 0) is 4.43 Å². The van der Waals surface area contributed by atoms with Crippen molar-refractivity contribution < 1.29 is 4.43 Å². The lowest BCUT2D eigenvalue weighted by atomic mass is 9.94. The van der Waals surface area contributed by atoms with E-state index in [9.17, 15) is 0 Å². The van der Waals surface area contributed by atoms with E-state index >= 15 is 0 Å². The van der Waals surface area contributed by atoms with Crippen molar-refractivity contribution in [2.45, 2.75) is 26.4 Å². The van der Waals surface area contributed by atoms with E-state index in [1.165, 1.54) is 37.5 Å². The van der Waals surface area contributed by atoms with Crippen LogP contribution in [0.1, 0.15) is 20.8 Å². The summed E-state index contributed by atoms with van der Waals surface area (Å²) in [5.41, 5.74) is -0.132. The fraction of sp³-hybridized carbons (Fsp3) is 0.182. The molecule has 4 aromatic carbocycles. The Balaban J connectivity index is 2.10. The lowest BCUT2D eigenvalue weighted by Gasteiger charge is -2.20. The molecule has 0 aliphatic heterocycles. The van der Waals surface area contributed by atoms with Gasteiger partial charge < -0.3 is 4.43 Å². The van der Waals surface area contributed by atoms with Gasteiger partial charge in [0.15, 0.2) is 0 Å². The molecule has 1 nitrogen and oxygen atoms in total. The Bertz CT molecular complexity index is 999. The number of benzene rings is 4. The van der Waals surface area contributed by atoms with Gasteiger partial charge in [0.25, 0.3) is 9.76 Å². The zero-order valence-corrected chi connectivity index (χ0v) is 15.3. The van der Waals surface area contributed by atoms with E-state index in [-0.39, 0.29) is 5.60 Å². The molecule has 0 aromatic heterocycles. The van der Waals surface area contributed by atoms with Gasteiger partial charge in [0.1, 0.15) is 0 Å². The molecule has 0 saturated carbocycles. The first-order valence-electron chi connectivity index (χ1n) is 8.31. The van der Waals surface area contributed by atoms with Gasteiger partial charge in [-0.05, 0) is 58.3 Å². The maximum Gasteiger partial charge on any atom is 0.270 e. The van der Waals surface area contributed by atoms with E-state index < -0.39 is 0 Å². The lowest BCUT2D eigenvalue weighted by molar-refractivity contribution is 0.142. The highest BCUT2D eigenvalue weighted by Gasteiger charge is 2.15. The van der Waals surface area contributed by atoms with Gasteiger partial charge in [-0.25, -0.2) is 0 Å². The molecule has 0 fully saturated rings. The molecule has 0 saturated heterocycles. The first kappa shape index (κ1) is 15.4. The van der Waals surface area contributed by atoms with Crippen LogP contribution < -0.4 is 5.19 Å². The van der Waals surface area contributed by atoms with Crippen LogP contribution in [0.15, 0.2) is 66.7 Å². The van der Waals surface area contributed by atoms with Gasteiger partial charge in [-0.1, -0.05) is 66.7 Å². The summed E-state index contributed by atoms with van der Waals surface area (Å²) in [6, 6.07) is 24.0. The van der Waals surface area contributed by atoms with Gasteiger partial charge in [-0.15, -0.1) is 0 Å². The second-order valence-corrected chi connectivity index (χ2v) is 8.08. The number of fused-ring (bicyclic) bond motifs is 6. The third-order valence-electron chi connectivity index (χ3n) is 4.24. The highest BCUT2D eigenvalue weighted by atomic mass is 28.2. The zero-order chi connectivity index (χ0) is 16.7. The van der Waals surface area contributed by atoms with Crippen LogP contribution >= 0.6 is 0 Å². The molecular formula is C22H20OSi. The topological polar surface area (TPSA) is 9.23 Å². The van der Waals surface area contributed by atoms with Crippen molar-refractivity contribution >= 4 is 47.3 Å². The van der Waals surface area contributed by atoms with Gasteiger partial charge in [0, 0.05) is 5.60 Å². The fourth-order valence-electron chi connectivity index (χ4n) is 3.25. The molecule has 0 aliphatic rings. The molecular weight excluding hydrogens is 308 g/mol. The van der Waals surface area contributed by atoms with E-state index in [0.29, 0.717) is 9.76 Å². The summed E-state index contributed by atoms with van der Waals surface area (Å²) < 4.78 is 6.11. The first-order valence-corrected chi connectivity index (χ1v) is 9.22. The minimum absolute atomic E-state index is 0.132. The molecule has 2 heteroatoms. The first-order chi connectivity index (χ1) is 11.5. The quantitative estimate of drug-likeness (QED) is 0.363. The second-order valence-electron chi connectivity index (χ2n) is 7.14. The summed E-state index contributed by atoms with van der Waals surface area (Å²) in [4.78, 5) is 0. The number of hydrogen-bond acceptors (Lipinski definition) is 1. The Kier molecular flexibility index (Phi) is 3.67. The van der Waals surface area contributed by atoms with Crippen LogP contribution in [0, 0.1) is 0 Å². The van der Waals surface area contributed by atoms with E-state index in [0.717, 1.165) is 0 Å². The normalized spacial score (nSPS) is 12.3. The number of hydrogen-bond donors (Lipinski definition) is 0. The van der Waals surface area contributed by atoms with E-state index in [2.05, 4.69) is 87.5 Å². The molecule has 0 heterocycles. The molecule has 0 unspecified atom stereocenters. The molecule has 4 aromatic rings. The highest BCUT2D eigenvalue weighted by molar-refractivity contribution is 6.54. The predicted octanol–water partition coefficient (Wildman–Crippen LogP) is 5.21. The van der Waals surface area contributed by atoms with Crippen molar-refractivity contribution in [3.05, 3.63) is 66.7 Å². The summed E-state index contributed by atoms with van der Waals surface area (Å²) in [7, 11) is 0.344. The summed E-state index contributed by atoms with van der Waals surface area (Å²) in [5.74, 6) is 0. The van der Waals surface area contributed by atoms with Gasteiger partial charge in [0.05, 0.1) is 0 Å². The molecule has 0 spiro atoms. The van der Waals surface area contributed by atoms with E-state index in [4.69, 9.17) is 4.43 Å². The van der Waals surface area contributed by atoms with Crippen LogP contribution in [0.2, 0.25) is 0 Å². The second kappa shape index (κ2) is 5.73. The molecule has 0 atom stereocenters. The Labute approximate surface area is 145 Å². The summed E-state index contributed by atoms with van der Waals surface area (Å²) in [5, 5.41) is 9.18. The Morgan fingerprint density at radius 3 is 1.62 bits per heavy atom. The van der Waals surface area contributed by atoms with Crippen LogP contribution in [0.3, 0.4) is 0 Å². The summed E-state index contributed by atoms with van der Waals surface area (Å²) >= 11 is 0. The average Bonchev–Trinajstić information content (AvgIpc) is 2.59. The van der Waals surface area contributed by atoms with Crippen molar-refractivity contribution in [1.82, 2.24) is 0 Å². The van der Waals surface area contributed by atoms with Crippen LogP contribution in [0.25, 0.3) is 32.3 Å². The SMILES string of the molecule is CC(C)(C)O[Si]c1cccc2c3ccccc3c3ccccc3c12. The smallest absolute Gasteiger partial charge is 0.270 e. The van der Waals surface area contributed by atoms with E-state index in [1.54, 1.807) is 0 Å². The van der Waals surface area contributed by atoms with Gasteiger partial charge >= 0.3 is 0 Å². The summed E-state index contributed by atoms with van der Waals surface area (Å²) in [6.07, 6.45) is 0. The van der Waals surface area contributed by atoms with Gasteiger partial charge in [-0.2, -0.15) is 0 Å². The van der Waals surface area contributed by atoms with E-state index in [1.807, 2.05) is 0 Å². The van der Waals surface area contributed by atoms with Crippen LogP contribution in [0.5, 0.6) is 0 Å². The maximum atomic E-state index is 6.11. The molecule has 0 bridgehead atoms. The third kappa shape index (κ3) is 2.62. The molecule has 2 radical (unpaired) electrons. The van der Waals surface area contributed by atoms with Crippen molar-refractivity contribution in [2.75, 3.05) is 0 Å². The van der Waals surface area contributed by atoms with Crippen molar-refractivity contribution in [2.24, 2.45) is 0 Å². The maximum absolute atomic E-state index is 6.11. The monoisotopic (exact) mass is 328 g/mol. The van der Waals surface area contributed by atoms with Crippen molar-refractivity contribution in [1.29, 1.82) is 0 Å². The third-order valence-corrected chi connectivity index (χ3v) is 5.59. The Morgan fingerprint density at radius 1 is 0.625 bits per heavy atom. The van der Waals surface area contributed by atoms with Crippen LogP contribution in [0.4, 0.5) is 0 Å². The molecule has 118 valence electrons. The highest BCUT2D eigenvalue weighted by Crippen LogP contribution is 2.33. The minimum Gasteiger partial charge on any atom is -0.407 e. The van der Waals surface area contributed by atoms with Gasteiger partial charge in [0.2, 0.25) is 0 Å². The molecule has 0 amide bonds. The molecule has 0 N–H and O–H groups in total. The largest absolute Gasteiger partial charge is 0.407 e. The Hall–Kier alpha value is -2.16. The zero-order valence-electron chi connectivity index (χ0n) is 14.3. The average molecular weight is 328 g/mol. The standard InChI is InChI=1S/C22H20OSi/c1-22(2,3)23-24-20-14-8-13-19-17-10-5-4-9-15(17)16-11-6-7-12-18(16)21(19)20/h4-14H,1-3H3. The van der Waals surface area contributed by atoms with Crippen LogP contribution in [-0.4, -0.2) is 15.4 Å². The predicted molar refractivity (Wildman–Crippen MR) is 105 cm³/mol. The molecule has 0 aliphatic carbocycles. The molecule has 24 heavy (non-hydrogen) atoms. The fourth-order valence-corrected chi connectivity index (χ4v) is 4.20. The summed E-state index contributed by atoms with van der Waals surface area (Å²) in [6.45, 7) is 6.33. The minimum atomic E-state index is -0.132. The van der Waals surface area contributed by atoms with Crippen molar-refractivity contribution in [3.8, 4) is 0 Å². The van der Waals surface area contributed by atoms with Gasteiger partial charge in [-0.3, -0.25) is 0 Å².